The van der Waals surface area contributed by atoms with Crippen LogP contribution >= 0.6 is 15.9 Å². The van der Waals surface area contributed by atoms with Crippen molar-refractivity contribution in [2.75, 3.05) is 7.11 Å². The van der Waals surface area contributed by atoms with Gasteiger partial charge in [-0.2, -0.15) is 5.26 Å². The summed E-state index contributed by atoms with van der Waals surface area (Å²) >= 11 is 3.53. The van der Waals surface area contributed by atoms with Crippen LogP contribution in [0.15, 0.2) is 53.1 Å². The number of nitrogens with zero attached hydrogens (tertiary/aromatic N) is 2. The molecule has 0 N–H and O–H groups in total. The van der Waals surface area contributed by atoms with E-state index >= 15 is 0 Å². The van der Waals surface area contributed by atoms with Crippen molar-refractivity contribution >= 4 is 32.8 Å². The highest BCUT2D eigenvalue weighted by atomic mass is 79.9. The molecule has 0 radical (unpaired) electrons. The van der Waals surface area contributed by atoms with Crippen LogP contribution in [0.3, 0.4) is 0 Å². The number of aromatic nitrogens is 1. The van der Waals surface area contributed by atoms with E-state index in [1.807, 2.05) is 41.1 Å². The van der Waals surface area contributed by atoms with Gasteiger partial charge >= 0.3 is 5.97 Å². The van der Waals surface area contributed by atoms with Gasteiger partial charge in [-0.1, -0.05) is 18.2 Å². The molecule has 114 valence electrons. The third-order valence-corrected chi connectivity index (χ3v) is 4.36. The fourth-order valence-corrected chi connectivity index (χ4v) is 3.17. The summed E-state index contributed by atoms with van der Waals surface area (Å²) in [6.45, 7) is 0.541. The Labute approximate surface area is 142 Å². The molecule has 0 unspecified atom stereocenters. The molecule has 0 aliphatic heterocycles. The average molecular weight is 369 g/mol. The van der Waals surface area contributed by atoms with Gasteiger partial charge < -0.3 is 9.30 Å². The van der Waals surface area contributed by atoms with E-state index in [9.17, 15) is 4.79 Å². The maximum absolute atomic E-state index is 11.9. The van der Waals surface area contributed by atoms with Gasteiger partial charge in [-0.15, -0.1) is 0 Å². The van der Waals surface area contributed by atoms with Crippen LogP contribution in [0.25, 0.3) is 10.9 Å². The van der Waals surface area contributed by atoms with Crippen molar-refractivity contribution in [2.45, 2.75) is 6.54 Å². The second kappa shape index (κ2) is 6.27. The zero-order chi connectivity index (χ0) is 16.4. The number of benzene rings is 2. The van der Waals surface area contributed by atoms with Crippen molar-refractivity contribution in [3.8, 4) is 6.07 Å². The van der Waals surface area contributed by atoms with Gasteiger partial charge in [0, 0.05) is 28.1 Å². The lowest BCUT2D eigenvalue weighted by molar-refractivity contribution is 0.0599. The van der Waals surface area contributed by atoms with Gasteiger partial charge in [-0.25, -0.2) is 4.79 Å². The van der Waals surface area contributed by atoms with Crippen LogP contribution in [0.4, 0.5) is 0 Å². The number of halogens is 1. The molecule has 23 heavy (non-hydrogen) atoms. The first-order chi connectivity index (χ1) is 11.1. The van der Waals surface area contributed by atoms with Gasteiger partial charge in [0.05, 0.1) is 24.3 Å². The van der Waals surface area contributed by atoms with Crippen molar-refractivity contribution in [2.24, 2.45) is 0 Å². The van der Waals surface area contributed by atoms with Crippen LogP contribution in [0, 0.1) is 11.3 Å². The number of methoxy groups -OCH3 is 1. The first kappa shape index (κ1) is 15.3. The van der Waals surface area contributed by atoms with Crippen molar-refractivity contribution in [3.63, 3.8) is 0 Å². The monoisotopic (exact) mass is 368 g/mol. The lowest BCUT2D eigenvalue weighted by atomic mass is 10.1. The molecule has 0 fully saturated rings. The molecule has 0 aliphatic carbocycles. The summed E-state index contributed by atoms with van der Waals surface area (Å²) in [6, 6.07) is 15.1. The minimum atomic E-state index is -0.345. The number of ether oxygens (including phenoxy) is 1. The summed E-state index contributed by atoms with van der Waals surface area (Å²) in [5.41, 5.74) is 3.05. The van der Waals surface area contributed by atoms with Crippen LogP contribution in [-0.4, -0.2) is 17.6 Å². The molecule has 0 spiro atoms. The van der Waals surface area contributed by atoms with Crippen molar-refractivity contribution in [1.82, 2.24) is 4.57 Å². The summed E-state index contributed by atoms with van der Waals surface area (Å²) < 4.78 is 7.80. The molecule has 0 aliphatic rings. The average Bonchev–Trinajstić information content (AvgIpc) is 2.90. The van der Waals surface area contributed by atoms with Crippen LogP contribution in [-0.2, 0) is 11.3 Å². The Kier molecular flexibility index (Phi) is 4.18. The van der Waals surface area contributed by atoms with Crippen molar-refractivity contribution in [1.29, 1.82) is 5.26 Å². The number of hydrogen-bond acceptors (Lipinski definition) is 3. The summed E-state index contributed by atoms with van der Waals surface area (Å²) in [6.07, 6.45) is 1.96. The van der Waals surface area contributed by atoms with Gasteiger partial charge in [-0.05, 0) is 45.8 Å². The lowest BCUT2D eigenvalue weighted by Crippen LogP contribution is -2.08. The molecule has 3 aromatic rings. The zero-order valence-electron chi connectivity index (χ0n) is 12.4. The minimum absolute atomic E-state index is 0.345. The zero-order valence-corrected chi connectivity index (χ0v) is 14.0. The SMILES string of the molecule is COC(=O)c1ccccc1Cn1cc(Br)c2cc(C#N)ccc21. The normalized spacial score (nSPS) is 10.5. The molecule has 4 nitrogen and oxygen atoms in total. The summed E-state index contributed by atoms with van der Waals surface area (Å²) in [5, 5.41) is 10.0. The molecule has 1 aromatic heterocycles. The van der Waals surface area contributed by atoms with E-state index in [2.05, 4.69) is 22.0 Å². The number of nitriles is 1. The largest absolute Gasteiger partial charge is 0.465 e. The number of rotatable bonds is 3. The van der Waals surface area contributed by atoms with Crippen LogP contribution in [0.1, 0.15) is 21.5 Å². The van der Waals surface area contributed by atoms with Crippen molar-refractivity contribution in [3.05, 3.63) is 69.8 Å². The molecule has 0 saturated heterocycles. The van der Waals surface area contributed by atoms with Gasteiger partial charge in [0.25, 0.3) is 0 Å². The molecule has 5 heteroatoms. The minimum Gasteiger partial charge on any atom is -0.465 e. The number of esters is 1. The Morgan fingerprint density at radius 2 is 2.09 bits per heavy atom. The highest BCUT2D eigenvalue weighted by molar-refractivity contribution is 9.10. The third kappa shape index (κ3) is 2.86. The third-order valence-electron chi connectivity index (χ3n) is 3.72. The van der Waals surface area contributed by atoms with E-state index in [0.717, 1.165) is 20.9 Å². The first-order valence-corrected chi connectivity index (χ1v) is 7.78. The Morgan fingerprint density at radius 1 is 1.30 bits per heavy atom. The predicted octanol–water partition coefficient (Wildman–Crippen LogP) is 4.11. The maximum Gasteiger partial charge on any atom is 0.338 e. The Bertz CT molecular complexity index is 938. The Balaban J connectivity index is 2.07. The molecule has 0 atom stereocenters. The highest BCUT2D eigenvalue weighted by Gasteiger charge is 2.13. The second-order valence-corrected chi connectivity index (χ2v) is 5.95. The first-order valence-electron chi connectivity index (χ1n) is 6.98. The molecule has 0 amide bonds. The lowest BCUT2D eigenvalue weighted by Gasteiger charge is -2.10. The number of carbonyl (C=O) groups excluding carboxylic acids is 1. The molecule has 2 aromatic carbocycles. The molecule has 0 saturated carbocycles. The topological polar surface area (TPSA) is 55.0 Å². The molecule has 0 bridgehead atoms. The van der Waals surface area contributed by atoms with E-state index in [0.29, 0.717) is 17.7 Å². The standard InChI is InChI=1S/C18H13BrN2O2/c1-23-18(22)14-5-3-2-4-13(14)10-21-11-16(19)15-8-12(9-20)6-7-17(15)21/h2-8,11H,10H2,1H3. The van der Waals surface area contributed by atoms with E-state index in [1.54, 1.807) is 12.1 Å². The van der Waals surface area contributed by atoms with E-state index in [1.165, 1.54) is 7.11 Å². The fraction of sp³-hybridized carbons (Fsp3) is 0.111. The smallest absolute Gasteiger partial charge is 0.338 e. The van der Waals surface area contributed by atoms with E-state index in [4.69, 9.17) is 10.00 Å². The summed E-state index contributed by atoms with van der Waals surface area (Å²) in [5.74, 6) is -0.345. The predicted molar refractivity (Wildman–Crippen MR) is 91.2 cm³/mol. The van der Waals surface area contributed by atoms with E-state index < -0.39 is 0 Å². The van der Waals surface area contributed by atoms with Gasteiger partial charge in [0.1, 0.15) is 0 Å². The quantitative estimate of drug-likeness (QED) is 0.653. The maximum atomic E-state index is 11.9. The summed E-state index contributed by atoms with van der Waals surface area (Å²) in [4.78, 5) is 11.9. The fourth-order valence-electron chi connectivity index (χ4n) is 2.60. The van der Waals surface area contributed by atoms with Crippen molar-refractivity contribution < 1.29 is 9.53 Å². The van der Waals surface area contributed by atoms with E-state index in [-0.39, 0.29) is 5.97 Å². The molecule has 3 rings (SSSR count). The number of fused-ring (bicyclic) bond motifs is 1. The van der Waals surface area contributed by atoms with Gasteiger partial charge in [-0.3, -0.25) is 0 Å². The second-order valence-electron chi connectivity index (χ2n) is 5.10. The Hall–Kier alpha value is -2.58. The highest BCUT2D eigenvalue weighted by Crippen LogP contribution is 2.28. The number of carbonyl (C=O) groups is 1. The molecule has 1 heterocycles. The Morgan fingerprint density at radius 3 is 2.83 bits per heavy atom. The number of hydrogen-bond donors (Lipinski definition) is 0. The van der Waals surface area contributed by atoms with Gasteiger partial charge in [0.2, 0.25) is 0 Å². The summed E-state index contributed by atoms with van der Waals surface area (Å²) in [7, 11) is 1.38. The van der Waals surface area contributed by atoms with Crippen LogP contribution < -0.4 is 0 Å². The van der Waals surface area contributed by atoms with Crippen LogP contribution in [0.2, 0.25) is 0 Å². The molecular weight excluding hydrogens is 356 g/mol. The van der Waals surface area contributed by atoms with Gasteiger partial charge in [0.15, 0.2) is 0 Å². The molecular formula is C18H13BrN2O2. The van der Waals surface area contributed by atoms with Crippen LogP contribution in [0.5, 0.6) is 0 Å².